The zero-order valence-electron chi connectivity index (χ0n) is 9.46. The van der Waals surface area contributed by atoms with E-state index in [1.807, 2.05) is 0 Å². The van der Waals surface area contributed by atoms with Gasteiger partial charge in [-0.05, 0) is 12.1 Å². The van der Waals surface area contributed by atoms with Crippen molar-refractivity contribution in [1.82, 2.24) is 20.4 Å². The molecule has 0 saturated heterocycles. The summed E-state index contributed by atoms with van der Waals surface area (Å²) in [7, 11) is 0. The second-order valence-electron chi connectivity index (χ2n) is 3.43. The summed E-state index contributed by atoms with van der Waals surface area (Å²) >= 11 is 0. The number of hydrazine groups is 1. The topological polar surface area (TPSA) is 119 Å². The molecule has 0 aliphatic carbocycles. The third kappa shape index (κ3) is 3.01. The molecule has 0 saturated carbocycles. The van der Waals surface area contributed by atoms with E-state index >= 15 is 0 Å². The van der Waals surface area contributed by atoms with E-state index < -0.39 is 0 Å². The molecule has 0 aliphatic rings. The van der Waals surface area contributed by atoms with Crippen LogP contribution < -0.4 is 16.6 Å². The number of aromatic nitrogens is 3. The van der Waals surface area contributed by atoms with E-state index in [0.717, 1.165) is 0 Å². The quantitative estimate of drug-likeness (QED) is 0.492. The van der Waals surface area contributed by atoms with Gasteiger partial charge in [0.2, 0.25) is 6.39 Å². The first kappa shape index (κ1) is 12.0. The minimum Gasteiger partial charge on any atom is -0.352 e. The largest absolute Gasteiger partial charge is 0.352 e. The van der Waals surface area contributed by atoms with E-state index in [2.05, 4.69) is 30.4 Å². The summed E-state index contributed by atoms with van der Waals surface area (Å²) in [6.45, 7) is 0.426. The smallest absolute Gasteiger partial charge is 0.252 e. The molecule has 18 heavy (non-hydrogen) atoms. The van der Waals surface area contributed by atoms with E-state index in [9.17, 15) is 4.79 Å². The first-order valence-corrected chi connectivity index (χ1v) is 5.25. The van der Waals surface area contributed by atoms with Crippen molar-refractivity contribution in [3.05, 3.63) is 36.1 Å². The number of pyridine rings is 1. The Balaban J connectivity index is 1.83. The fourth-order valence-corrected chi connectivity index (χ4v) is 1.31. The normalized spacial score (nSPS) is 10.1. The molecule has 8 heteroatoms. The fourth-order valence-electron chi connectivity index (χ4n) is 1.31. The number of carbonyl (C=O) groups excluding carboxylic acids is 1. The number of carbonyl (C=O) groups is 1. The van der Waals surface area contributed by atoms with Crippen molar-refractivity contribution in [2.24, 2.45) is 5.84 Å². The van der Waals surface area contributed by atoms with E-state index in [-0.39, 0.29) is 5.91 Å². The van der Waals surface area contributed by atoms with Crippen molar-refractivity contribution in [1.29, 1.82) is 0 Å². The van der Waals surface area contributed by atoms with Gasteiger partial charge in [-0.1, -0.05) is 5.16 Å². The van der Waals surface area contributed by atoms with E-state index in [1.54, 1.807) is 12.1 Å². The number of hydrogen-bond acceptors (Lipinski definition) is 7. The number of hydrogen-bond donors (Lipinski definition) is 3. The SMILES string of the molecule is NNc1ccc(C(=O)NCCc2ncon2)cn1. The average molecular weight is 248 g/mol. The van der Waals surface area contributed by atoms with Crippen LogP contribution in [-0.4, -0.2) is 27.6 Å². The molecule has 0 unspecified atom stereocenters. The van der Waals surface area contributed by atoms with Crippen LogP contribution in [0.3, 0.4) is 0 Å². The molecule has 2 heterocycles. The van der Waals surface area contributed by atoms with Crippen LogP contribution in [0.25, 0.3) is 0 Å². The van der Waals surface area contributed by atoms with Crippen molar-refractivity contribution in [2.45, 2.75) is 6.42 Å². The first-order valence-electron chi connectivity index (χ1n) is 5.25. The van der Waals surface area contributed by atoms with Gasteiger partial charge in [0.15, 0.2) is 5.82 Å². The second-order valence-corrected chi connectivity index (χ2v) is 3.43. The van der Waals surface area contributed by atoms with Crippen LogP contribution in [-0.2, 0) is 6.42 Å². The van der Waals surface area contributed by atoms with Crippen LogP contribution in [0.5, 0.6) is 0 Å². The number of amides is 1. The lowest BCUT2D eigenvalue weighted by Gasteiger charge is -2.04. The highest BCUT2D eigenvalue weighted by Gasteiger charge is 2.06. The fraction of sp³-hybridized carbons (Fsp3) is 0.200. The lowest BCUT2D eigenvalue weighted by molar-refractivity contribution is 0.0953. The third-order valence-electron chi connectivity index (χ3n) is 2.21. The van der Waals surface area contributed by atoms with Gasteiger partial charge in [-0.2, -0.15) is 4.98 Å². The van der Waals surface area contributed by atoms with Crippen LogP contribution in [0.2, 0.25) is 0 Å². The minimum atomic E-state index is -0.213. The Labute approximate surface area is 103 Å². The Kier molecular flexibility index (Phi) is 3.82. The summed E-state index contributed by atoms with van der Waals surface area (Å²) < 4.78 is 4.58. The van der Waals surface area contributed by atoms with Crippen LogP contribution in [0, 0.1) is 0 Å². The van der Waals surface area contributed by atoms with Crippen molar-refractivity contribution in [3.63, 3.8) is 0 Å². The van der Waals surface area contributed by atoms with E-state index in [1.165, 1.54) is 12.6 Å². The number of nitrogen functional groups attached to an aromatic ring is 1. The second kappa shape index (κ2) is 5.73. The molecule has 2 rings (SSSR count). The molecule has 0 bridgehead atoms. The predicted octanol–water partition coefficient (Wildman–Crippen LogP) is -0.277. The zero-order chi connectivity index (χ0) is 12.8. The Morgan fingerprint density at radius 2 is 2.28 bits per heavy atom. The van der Waals surface area contributed by atoms with Crippen LogP contribution >= 0.6 is 0 Å². The van der Waals surface area contributed by atoms with Gasteiger partial charge < -0.3 is 15.3 Å². The molecule has 0 aliphatic heterocycles. The van der Waals surface area contributed by atoms with E-state index in [4.69, 9.17) is 5.84 Å². The van der Waals surface area contributed by atoms with Crippen LogP contribution in [0.15, 0.2) is 29.2 Å². The van der Waals surface area contributed by atoms with Gasteiger partial charge in [-0.3, -0.25) is 4.79 Å². The molecule has 0 radical (unpaired) electrons. The molecule has 0 aromatic carbocycles. The van der Waals surface area contributed by atoms with E-state index in [0.29, 0.717) is 30.2 Å². The Hall–Kier alpha value is -2.48. The number of rotatable bonds is 5. The molecular formula is C10H12N6O2. The average Bonchev–Trinajstić information content (AvgIpc) is 2.92. The number of anilines is 1. The van der Waals surface area contributed by atoms with Gasteiger partial charge in [-0.25, -0.2) is 10.8 Å². The van der Waals surface area contributed by atoms with Crippen molar-refractivity contribution >= 4 is 11.7 Å². The van der Waals surface area contributed by atoms with Gasteiger partial charge in [0, 0.05) is 19.2 Å². The van der Waals surface area contributed by atoms with Gasteiger partial charge >= 0.3 is 0 Å². The summed E-state index contributed by atoms with van der Waals surface area (Å²) in [6, 6.07) is 3.25. The molecular weight excluding hydrogens is 236 g/mol. The Morgan fingerprint density at radius 3 is 2.89 bits per heavy atom. The number of nitrogens with two attached hydrogens (primary N) is 1. The molecule has 4 N–H and O–H groups in total. The van der Waals surface area contributed by atoms with Crippen molar-refractivity contribution < 1.29 is 9.32 Å². The maximum Gasteiger partial charge on any atom is 0.252 e. The highest BCUT2D eigenvalue weighted by Crippen LogP contribution is 2.03. The molecule has 94 valence electrons. The highest BCUT2D eigenvalue weighted by atomic mass is 16.5. The highest BCUT2D eigenvalue weighted by molar-refractivity contribution is 5.94. The van der Waals surface area contributed by atoms with Crippen LogP contribution in [0.4, 0.5) is 5.82 Å². The summed E-state index contributed by atoms with van der Waals surface area (Å²) in [5.74, 6) is 6.01. The number of nitrogens with one attached hydrogen (secondary N) is 2. The molecule has 0 spiro atoms. The molecule has 8 nitrogen and oxygen atoms in total. The van der Waals surface area contributed by atoms with Crippen molar-refractivity contribution in [2.75, 3.05) is 12.0 Å². The summed E-state index contributed by atoms with van der Waals surface area (Å²) in [5, 5.41) is 6.36. The third-order valence-corrected chi connectivity index (χ3v) is 2.21. The van der Waals surface area contributed by atoms with Crippen molar-refractivity contribution in [3.8, 4) is 0 Å². The lowest BCUT2D eigenvalue weighted by Crippen LogP contribution is -2.26. The lowest BCUT2D eigenvalue weighted by atomic mass is 10.2. The predicted molar refractivity (Wildman–Crippen MR) is 62.4 cm³/mol. The summed E-state index contributed by atoms with van der Waals surface area (Å²) in [4.78, 5) is 19.5. The number of nitrogens with zero attached hydrogens (tertiary/aromatic N) is 3. The van der Waals surface area contributed by atoms with Gasteiger partial charge in [0.05, 0.1) is 5.56 Å². The summed E-state index contributed by atoms with van der Waals surface area (Å²) in [6.07, 6.45) is 3.20. The Morgan fingerprint density at radius 1 is 1.39 bits per heavy atom. The molecule has 1 amide bonds. The van der Waals surface area contributed by atoms with Gasteiger partial charge in [-0.15, -0.1) is 0 Å². The standard InChI is InChI=1S/C10H12N6O2/c11-15-8-2-1-7(5-13-8)10(17)12-4-3-9-14-6-18-16-9/h1-2,5-6H,3-4,11H2,(H,12,17)(H,13,15). The molecule has 2 aromatic rings. The zero-order valence-corrected chi connectivity index (χ0v) is 9.46. The maximum atomic E-state index is 11.7. The minimum absolute atomic E-state index is 0.213. The van der Waals surface area contributed by atoms with Gasteiger partial charge in [0.25, 0.3) is 5.91 Å². The molecule has 0 fully saturated rings. The molecule has 2 aromatic heterocycles. The summed E-state index contributed by atoms with van der Waals surface area (Å²) in [5.41, 5.74) is 2.85. The Bertz CT molecular complexity index is 496. The van der Waals surface area contributed by atoms with Crippen LogP contribution in [0.1, 0.15) is 16.2 Å². The molecule has 0 atom stereocenters. The first-order chi connectivity index (χ1) is 8.79. The monoisotopic (exact) mass is 248 g/mol. The van der Waals surface area contributed by atoms with Gasteiger partial charge in [0.1, 0.15) is 5.82 Å². The maximum absolute atomic E-state index is 11.7.